The number of nitro benzene ring substituents is 1. The van der Waals surface area contributed by atoms with Gasteiger partial charge in [-0.25, -0.2) is 0 Å². The SMILES string of the molecule is CC(C)c1cccc([N+](=O)[O-])c1Br. The Balaban J connectivity index is 3.26. The van der Waals surface area contributed by atoms with E-state index < -0.39 is 0 Å². The molecule has 0 aliphatic carbocycles. The van der Waals surface area contributed by atoms with Crippen molar-refractivity contribution >= 4 is 21.6 Å². The summed E-state index contributed by atoms with van der Waals surface area (Å²) in [6.45, 7) is 4.01. The van der Waals surface area contributed by atoms with Gasteiger partial charge in [0.15, 0.2) is 0 Å². The number of hydrogen-bond acceptors (Lipinski definition) is 2. The van der Waals surface area contributed by atoms with Crippen LogP contribution in [0.3, 0.4) is 0 Å². The Kier molecular flexibility index (Phi) is 3.03. The lowest BCUT2D eigenvalue weighted by atomic mass is 10.0. The zero-order chi connectivity index (χ0) is 10.0. The number of nitro groups is 1. The van der Waals surface area contributed by atoms with Crippen molar-refractivity contribution in [2.75, 3.05) is 0 Å². The summed E-state index contributed by atoms with van der Waals surface area (Å²) in [6, 6.07) is 5.09. The van der Waals surface area contributed by atoms with Gasteiger partial charge in [0.2, 0.25) is 0 Å². The van der Waals surface area contributed by atoms with Crippen molar-refractivity contribution in [2.24, 2.45) is 0 Å². The minimum absolute atomic E-state index is 0.131. The van der Waals surface area contributed by atoms with Crippen LogP contribution in [0.5, 0.6) is 0 Å². The highest BCUT2D eigenvalue weighted by molar-refractivity contribution is 9.10. The number of benzene rings is 1. The molecule has 1 aromatic carbocycles. The molecule has 0 N–H and O–H groups in total. The summed E-state index contributed by atoms with van der Waals surface area (Å²) in [7, 11) is 0. The van der Waals surface area contributed by atoms with E-state index in [1.54, 1.807) is 6.07 Å². The Morgan fingerprint density at radius 2 is 2.08 bits per heavy atom. The molecule has 13 heavy (non-hydrogen) atoms. The molecule has 70 valence electrons. The highest BCUT2D eigenvalue weighted by Gasteiger charge is 2.15. The van der Waals surface area contributed by atoms with Gasteiger partial charge in [-0.15, -0.1) is 0 Å². The third kappa shape index (κ3) is 2.06. The first-order valence-electron chi connectivity index (χ1n) is 3.97. The van der Waals surface area contributed by atoms with E-state index in [4.69, 9.17) is 0 Å². The summed E-state index contributed by atoms with van der Waals surface area (Å²) in [5.74, 6) is 0.286. The van der Waals surface area contributed by atoms with Crippen molar-refractivity contribution in [2.45, 2.75) is 19.8 Å². The molecule has 0 amide bonds. The van der Waals surface area contributed by atoms with Crippen LogP contribution in [0.15, 0.2) is 22.7 Å². The maximum absolute atomic E-state index is 10.6. The largest absolute Gasteiger partial charge is 0.283 e. The molecular formula is C9H10BrNO2. The average molecular weight is 244 g/mol. The second-order valence-corrected chi connectivity index (χ2v) is 3.89. The van der Waals surface area contributed by atoms with Gasteiger partial charge in [0.1, 0.15) is 0 Å². The van der Waals surface area contributed by atoms with E-state index in [9.17, 15) is 10.1 Å². The van der Waals surface area contributed by atoms with E-state index in [1.165, 1.54) is 6.07 Å². The zero-order valence-corrected chi connectivity index (χ0v) is 9.04. The Morgan fingerprint density at radius 3 is 2.54 bits per heavy atom. The summed E-state index contributed by atoms with van der Waals surface area (Å²) >= 11 is 3.24. The standard InChI is InChI=1S/C9H10BrNO2/c1-6(2)7-4-3-5-8(9(7)10)11(12)13/h3-6H,1-2H3. The van der Waals surface area contributed by atoms with Crippen LogP contribution in [0.1, 0.15) is 25.3 Å². The second-order valence-electron chi connectivity index (χ2n) is 3.09. The first-order chi connectivity index (χ1) is 6.04. The minimum atomic E-state index is -0.379. The lowest BCUT2D eigenvalue weighted by molar-refractivity contribution is -0.385. The lowest BCUT2D eigenvalue weighted by Gasteiger charge is -2.07. The molecule has 1 rings (SSSR count). The molecule has 0 radical (unpaired) electrons. The highest BCUT2D eigenvalue weighted by atomic mass is 79.9. The van der Waals surface area contributed by atoms with Crippen molar-refractivity contribution < 1.29 is 4.92 Å². The monoisotopic (exact) mass is 243 g/mol. The van der Waals surface area contributed by atoms with E-state index in [0.29, 0.717) is 4.47 Å². The molecule has 0 aromatic heterocycles. The van der Waals surface area contributed by atoms with Crippen molar-refractivity contribution in [3.63, 3.8) is 0 Å². The molecule has 0 saturated heterocycles. The van der Waals surface area contributed by atoms with Crippen molar-refractivity contribution in [3.05, 3.63) is 38.3 Å². The number of rotatable bonds is 2. The summed E-state index contributed by atoms with van der Waals surface area (Å²) in [5.41, 5.74) is 1.10. The summed E-state index contributed by atoms with van der Waals surface area (Å²) in [5, 5.41) is 10.6. The fourth-order valence-electron chi connectivity index (χ4n) is 1.12. The van der Waals surface area contributed by atoms with Crippen LogP contribution < -0.4 is 0 Å². The predicted octanol–water partition coefficient (Wildman–Crippen LogP) is 3.48. The Bertz CT molecular complexity index is 336. The van der Waals surface area contributed by atoms with Gasteiger partial charge in [-0.2, -0.15) is 0 Å². The molecule has 0 aliphatic rings. The van der Waals surface area contributed by atoms with Crippen molar-refractivity contribution in [1.29, 1.82) is 0 Å². The lowest BCUT2D eigenvalue weighted by Crippen LogP contribution is -1.94. The fraction of sp³-hybridized carbons (Fsp3) is 0.333. The molecule has 0 aliphatic heterocycles. The number of nitrogens with zero attached hydrogens (tertiary/aromatic N) is 1. The summed E-state index contributed by atoms with van der Waals surface area (Å²) in [6.07, 6.45) is 0. The maximum atomic E-state index is 10.6. The molecule has 0 unspecified atom stereocenters. The van der Waals surface area contributed by atoms with Crippen molar-refractivity contribution in [3.8, 4) is 0 Å². The van der Waals surface area contributed by atoms with Crippen LogP contribution in [-0.4, -0.2) is 4.92 Å². The van der Waals surface area contributed by atoms with Crippen LogP contribution in [0, 0.1) is 10.1 Å². The van der Waals surface area contributed by atoms with Crippen LogP contribution in [0.4, 0.5) is 5.69 Å². The highest BCUT2D eigenvalue weighted by Crippen LogP contribution is 2.32. The molecule has 0 atom stereocenters. The van der Waals surface area contributed by atoms with E-state index in [1.807, 2.05) is 19.9 Å². The number of halogens is 1. The third-order valence-electron chi connectivity index (χ3n) is 1.83. The van der Waals surface area contributed by atoms with E-state index in [2.05, 4.69) is 15.9 Å². The molecule has 0 saturated carbocycles. The average Bonchev–Trinajstić information content (AvgIpc) is 2.03. The van der Waals surface area contributed by atoms with Gasteiger partial charge in [0.05, 0.1) is 9.40 Å². The van der Waals surface area contributed by atoms with Gasteiger partial charge in [-0.3, -0.25) is 10.1 Å². The van der Waals surface area contributed by atoms with Gasteiger partial charge in [0, 0.05) is 6.07 Å². The topological polar surface area (TPSA) is 43.1 Å². The van der Waals surface area contributed by atoms with E-state index in [0.717, 1.165) is 5.56 Å². The maximum Gasteiger partial charge on any atom is 0.283 e. The van der Waals surface area contributed by atoms with Crippen LogP contribution in [0.2, 0.25) is 0 Å². The van der Waals surface area contributed by atoms with Gasteiger partial charge >= 0.3 is 0 Å². The fourth-order valence-corrected chi connectivity index (χ4v) is 1.99. The normalized spacial score (nSPS) is 10.5. The minimum Gasteiger partial charge on any atom is -0.258 e. The van der Waals surface area contributed by atoms with E-state index >= 15 is 0 Å². The molecule has 0 heterocycles. The molecule has 4 heteroatoms. The van der Waals surface area contributed by atoms with Crippen LogP contribution in [0.25, 0.3) is 0 Å². The zero-order valence-electron chi connectivity index (χ0n) is 7.45. The molecular weight excluding hydrogens is 234 g/mol. The molecule has 3 nitrogen and oxygen atoms in total. The van der Waals surface area contributed by atoms with Gasteiger partial charge < -0.3 is 0 Å². The van der Waals surface area contributed by atoms with E-state index in [-0.39, 0.29) is 16.5 Å². The Hall–Kier alpha value is -0.900. The smallest absolute Gasteiger partial charge is 0.258 e. The Labute approximate surface area is 85.0 Å². The number of hydrogen-bond donors (Lipinski definition) is 0. The van der Waals surface area contributed by atoms with Gasteiger partial charge in [-0.1, -0.05) is 26.0 Å². The van der Waals surface area contributed by atoms with Gasteiger partial charge in [-0.05, 0) is 27.4 Å². The molecule has 0 spiro atoms. The molecule has 0 fully saturated rings. The molecule has 0 bridgehead atoms. The summed E-state index contributed by atoms with van der Waals surface area (Å²) < 4.78 is 0.593. The van der Waals surface area contributed by atoms with Crippen LogP contribution in [-0.2, 0) is 0 Å². The van der Waals surface area contributed by atoms with Crippen LogP contribution >= 0.6 is 15.9 Å². The molecule has 1 aromatic rings. The predicted molar refractivity (Wildman–Crippen MR) is 54.9 cm³/mol. The first kappa shape index (κ1) is 10.2. The first-order valence-corrected chi connectivity index (χ1v) is 4.76. The quantitative estimate of drug-likeness (QED) is 0.590. The van der Waals surface area contributed by atoms with Gasteiger partial charge in [0.25, 0.3) is 5.69 Å². The van der Waals surface area contributed by atoms with Crippen molar-refractivity contribution in [1.82, 2.24) is 0 Å². The second kappa shape index (κ2) is 3.87. The third-order valence-corrected chi connectivity index (χ3v) is 2.69. The summed E-state index contributed by atoms with van der Waals surface area (Å²) in [4.78, 5) is 10.2. The Morgan fingerprint density at radius 1 is 1.46 bits per heavy atom.